The highest BCUT2D eigenvalue weighted by Crippen LogP contribution is 2.35. The monoisotopic (exact) mass is 556 g/mol. The van der Waals surface area contributed by atoms with Gasteiger partial charge in [-0.25, -0.2) is 22.9 Å². The second-order valence-corrected chi connectivity index (χ2v) is 11.0. The van der Waals surface area contributed by atoms with E-state index in [-0.39, 0.29) is 23.0 Å². The molecule has 0 unspecified atom stereocenters. The molecule has 0 saturated carbocycles. The van der Waals surface area contributed by atoms with Crippen LogP contribution in [0.2, 0.25) is 5.02 Å². The Labute approximate surface area is 226 Å². The number of anilines is 1. The van der Waals surface area contributed by atoms with Gasteiger partial charge in [0, 0.05) is 34.7 Å². The molecule has 0 saturated heterocycles. The molecule has 2 aromatic heterocycles. The fourth-order valence-electron chi connectivity index (χ4n) is 4.29. The molecule has 0 fully saturated rings. The molecule has 200 valence electrons. The Morgan fingerprint density at radius 2 is 1.87 bits per heavy atom. The number of carbonyl (C=O) groups is 1. The number of aryl methyl sites for hydroxylation is 3. The lowest BCUT2D eigenvalue weighted by Crippen LogP contribution is -2.14. The van der Waals surface area contributed by atoms with Gasteiger partial charge >= 0.3 is 5.97 Å². The van der Waals surface area contributed by atoms with Gasteiger partial charge in [-0.15, -0.1) is 0 Å². The lowest BCUT2D eigenvalue weighted by molar-refractivity contribution is 0.0684. The molecule has 4 aromatic rings. The maximum absolute atomic E-state index is 13.3. The summed E-state index contributed by atoms with van der Waals surface area (Å²) in [5, 5.41) is 14.0. The molecule has 0 bridgehead atoms. The summed E-state index contributed by atoms with van der Waals surface area (Å²) in [7, 11) is -4.02. The largest absolute Gasteiger partial charge is 0.477 e. The number of benzene rings is 2. The zero-order valence-electron chi connectivity index (χ0n) is 21.6. The quantitative estimate of drug-likeness (QED) is 0.250. The highest BCUT2D eigenvalue weighted by Gasteiger charge is 2.25. The number of imidazole rings is 1. The minimum absolute atomic E-state index is 0.0312. The molecule has 9 nitrogen and oxygen atoms in total. The average molecular weight is 557 g/mol. The van der Waals surface area contributed by atoms with E-state index in [2.05, 4.69) is 14.9 Å². The Morgan fingerprint density at radius 3 is 2.47 bits per heavy atom. The molecule has 0 aliphatic heterocycles. The van der Waals surface area contributed by atoms with Crippen LogP contribution in [0.25, 0.3) is 11.1 Å². The first-order chi connectivity index (χ1) is 18.1. The van der Waals surface area contributed by atoms with E-state index in [9.17, 15) is 18.3 Å². The van der Waals surface area contributed by atoms with Crippen LogP contribution in [0.1, 0.15) is 59.1 Å². The zero-order valence-corrected chi connectivity index (χ0v) is 23.2. The second kappa shape index (κ2) is 11.0. The van der Waals surface area contributed by atoms with Crippen molar-refractivity contribution in [3.8, 4) is 11.1 Å². The topological polar surface area (TPSA) is 127 Å². The summed E-state index contributed by atoms with van der Waals surface area (Å²) in [6.07, 6.45) is 1.98. The maximum Gasteiger partial charge on any atom is 0.354 e. The third-order valence-corrected chi connectivity index (χ3v) is 8.06. The molecule has 0 radical (unpaired) electrons. The number of nitrogens with zero attached hydrogens (tertiary/aromatic N) is 3. The summed E-state index contributed by atoms with van der Waals surface area (Å²) < 4.78 is 35.9. The summed E-state index contributed by atoms with van der Waals surface area (Å²) in [6.45, 7) is 7.61. The van der Waals surface area contributed by atoms with E-state index in [4.69, 9.17) is 16.1 Å². The lowest BCUT2D eigenvalue weighted by atomic mass is 10.0. The molecule has 0 amide bonds. The van der Waals surface area contributed by atoms with Crippen molar-refractivity contribution in [1.82, 2.24) is 14.7 Å². The first kappa shape index (κ1) is 27.4. The van der Waals surface area contributed by atoms with E-state index in [1.807, 2.05) is 19.9 Å². The van der Waals surface area contributed by atoms with Gasteiger partial charge in [-0.05, 0) is 44.4 Å². The highest BCUT2D eigenvalue weighted by molar-refractivity contribution is 7.92. The Morgan fingerprint density at radius 1 is 1.13 bits per heavy atom. The fourth-order valence-corrected chi connectivity index (χ4v) is 5.87. The number of halogens is 1. The molecular formula is C27H29ClN4O5S. The third kappa shape index (κ3) is 5.32. The average Bonchev–Trinajstić information content (AvgIpc) is 3.38. The molecule has 2 aromatic carbocycles. The summed E-state index contributed by atoms with van der Waals surface area (Å²) in [5.41, 5.74) is 3.62. The van der Waals surface area contributed by atoms with Crippen LogP contribution < -0.4 is 4.72 Å². The number of carboxylic acids is 1. The number of nitrogens with one attached hydrogen (secondary N) is 1. The number of rotatable bonds is 10. The Balaban J connectivity index is 1.71. The van der Waals surface area contributed by atoms with Gasteiger partial charge in [0.15, 0.2) is 5.69 Å². The SMILES string of the molecule is CCCc1nc(CC)c(C(=O)O)n1Cc1ccc(-c2ccccc2S(=O)(=O)Nc2onc(C)c2C)c(Cl)c1. The fraction of sp³-hybridized carbons (Fsp3) is 0.296. The summed E-state index contributed by atoms with van der Waals surface area (Å²) in [4.78, 5) is 16.6. The Bertz CT molecular complexity index is 1610. The smallest absolute Gasteiger partial charge is 0.354 e. The molecule has 2 N–H and O–H groups in total. The van der Waals surface area contributed by atoms with Crippen LogP contribution in [0.5, 0.6) is 0 Å². The molecule has 4 rings (SSSR count). The van der Waals surface area contributed by atoms with Gasteiger partial charge in [0.25, 0.3) is 10.0 Å². The van der Waals surface area contributed by atoms with Crippen LogP contribution in [0.3, 0.4) is 0 Å². The van der Waals surface area contributed by atoms with E-state index in [0.717, 1.165) is 12.0 Å². The van der Waals surface area contributed by atoms with Crippen molar-refractivity contribution in [3.63, 3.8) is 0 Å². The first-order valence-corrected chi connectivity index (χ1v) is 14.1. The maximum atomic E-state index is 13.3. The van der Waals surface area contributed by atoms with Crippen molar-refractivity contribution in [2.45, 2.75) is 58.4 Å². The van der Waals surface area contributed by atoms with Crippen LogP contribution in [-0.2, 0) is 29.4 Å². The second-order valence-electron chi connectivity index (χ2n) is 8.96. The number of hydrogen-bond acceptors (Lipinski definition) is 6. The van der Waals surface area contributed by atoms with Gasteiger partial charge < -0.3 is 14.2 Å². The molecule has 38 heavy (non-hydrogen) atoms. The number of sulfonamides is 1. The van der Waals surface area contributed by atoms with Gasteiger partial charge in [0.1, 0.15) is 5.82 Å². The van der Waals surface area contributed by atoms with Gasteiger partial charge in [-0.3, -0.25) is 0 Å². The van der Waals surface area contributed by atoms with Crippen LogP contribution in [0, 0.1) is 13.8 Å². The predicted molar refractivity (Wildman–Crippen MR) is 145 cm³/mol. The summed E-state index contributed by atoms with van der Waals surface area (Å²) in [6, 6.07) is 11.8. The van der Waals surface area contributed by atoms with E-state index in [0.29, 0.717) is 51.8 Å². The standard InChI is InChI=1S/C27H29ClN4O5S/c1-5-9-24-29-22(6-2)25(27(33)34)32(24)15-18-12-13-19(21(28)14-18)20-10-7-8-11-23(20)38(35,36)31-26-16(3)17(4)30-37-26/h7-8,10-14,31H,5-6,9,15H2,1-4H3,(H,33,34). The molecular weight excluding hydrogens is 528 g/mol. The van der Waals surface area contributed by atoms with Gasteiger partial charge in [0.05, 0.1) is 16.3 Å². The van der Waals surface area contributed by atoms with Crippen molar-refractivity contribution in [3.05, 3.63) is 81.5 Å². The van der Waals surface area contributed by atoms with Gasteiger partial charge in [-0.1, -0.05) is 60.9 Å². The molecule has 0 aliphatic carbocycles. The van der Waals surface area contributed by atoms with Crippen LogP contribution in [0.4, 0.5) is 5.88 Å². The minimum atomic E-state index is -4.02. The van der Waals surface area contributed by atoms with Crippen LogP contribution in [-0.4, -0.2) is 34.2 Å². The van der Waals surface area contributed by atoms with Crippen molar-refractivity contribution >= 4 is 33.5 Å². The Hall–Kier alpha value is -3.63. The highest BCUT2D eigenvalue weighted by atomic mass is 35.5. The molecule has 0 aliphatic rings. The predicted octanol–water partition coefficient (Wildman–Crippen LogP) is 5.87. The number of aromatic carboxylic acids is 1. The molecule has 0 spiro atoms. The van der Waals surface area contributed by atoms with Crippen molar-refractivity contribution in [2.24, 2.45) is 0 Å². The molecule has 2 heterocycles. The van der Waals surface area contributed by atoms with E-state index in [1.165, 1.54) is 6.07 Å². The summed E-state index contributed by atoms with van der Waals surface area (Å²) in [5.74, 6) is -0.256. The Kier molecular flexibility index (Phi) is 7.94. The van der Waals surface area contributed by atoms with Crippen molar-refractivity contribution in [2.75, 3.05) is 4.72 Å². The van der Waals surface area contributed by atoms with E-state index in [1.54, 1.807) is 48.7 Å². The van der Waals surface area contributed by atoms with E-state index >= 15 is 0 Å². The number of carboxylic acid groups (broad SMARTS) is 1. The normalized spacial score (nSPS) is 11.6. The first-order valence-electron chi connectivity index (χ1n) is 12.2. The number of aromatic nitrogens is 3. The third-order valence-electron chi connectivity index (χ3n) is 6.36. The number of hydrogen-bond donors (Lipinski definition) is 2. The molecule has 11 heteroatoms. The van der Waals surface area contributed by atoms with Crippen molar-refractivity contribution in [1.29, 1.82) is 0 Å². The van der Waals surface area contributed by atoms with Gasteiger partial charge in [0.2, 0.25) is 5.88 Å². The van der Waals surface area contributed by atoms with E-state index < -0.39 is 16.0 Å². The lowest BCUT2D eigenvalue weighted by Gasteiger charge is -2.15. The van der Waals surface area contributed by atoms with Crippen LogP contribution >= 0.6 is 11.6 Å². The van der Waals surface area contributed by atoms with Crippen LogP contribution in [0.15, 0.2) is 51.9 Å². The van der Waals surface area contributed by atoms with Gasteiger partial charge in [-0.2, -0.15) is 0 Å². The summed E-state index contributed by atoms with van der Waals surface area (Å²) >= 11 is 6.69. The minimum Gasteiger partial charge on any atom is -0.477 e. The van der Waals surface area contributed by atoms with Crippen molar-refractivity contribution < 1.29 is 22.8 Å². The zero-order chi connectivity index (χ0) is 27.6. The molecule has 0 atom stereocenters.